The van der Waals surface area contributed by atoms with Gasteiger partial charge in [-0.25, -0.2) is 0 Å². The molecule has 3 nitrogen and oxygen atoms in total. The Labute approximate surface area is 126 Å². The Kier molecular flexibility index (Phi) is 4.78. The van der Waals surface area contributed by atoms with Gasteiger partial charge in [0, 0.05) is 4.47 Å². The fourth-order valence-electron chi connectivity index (χ4n) is 1.85. The van der Waals surface area contributed by atoms with Crippen molar-refractivity contribution in [1.82, 2.24) is 0 Å². The Balaban J connectivity index is 2.11. The molecule has 0 bridgehead atoms. The van der Waals surface area contributed by atoms with E-state index in [2.05, 4.69) is 22.0 Å². The molecule has 0 fully saturated rings. The molecule has 20 heavy (non-hydrogen) atoms. The zero-order valence-corrected chi connectivity index (χ0v) is 12.6. The first-order valence-electron chi connectivity index (χ1n) is 6.15. The van der Waals surface area contributed by atoms with Crippen LogP contribution >= 0.6 is 15.9 Å². The van der Waals surface area contributed by atoms with Crippen LogP contribution in [-0.4, -0.2) is 5.11 Å². The van der Waals surface area contributed by atoms with Crippen molar-refractivity contribution in [2.75, 3.05) is 0 Å². The third kappa shape index (κ3) is 3.38. The maximum Gasteiger partial charge on any atom is 0.120 e. The minimum absolute atomic E-state index is 0.0341. The Bertz CT molecular complexity index is 662. The molecule has 0 radical (unpaired) electrons. The lowest BCUT2D eigenvalue weighted by molar-refractivity contribution is 0.277. The highest BCUT2D eigenvalue weighted by molar-refractivity contribution is 9.10. The summed E-state index contributed by atoms with van der Waals surface area (Å²) in [4.78, 5) is 0. The van der Waals surface area contributed by atoms with Crippen LogP contribution in [0.5, 0.6) is 5.75 Å². The monoisotopic (exact) mass is 331 g/mol. The lowest BCUT2D eigenvalue weighted by atomic mass is 10.1. The number of rotatable bonds is 4. The van der Waals surface area contributed by atoms with Crippen LogP contribution in [0.4, 0.5) is 0 Å². The summed E-state index contributed by atoms with van der Waals surface area (Å²) in [6.07, 6.45) is 0. The zero-order chi connectivity index (χ0) is 14.5. The van der Waals surface area contributed by atoms with Gasteiger partial charge in [-0.15, -0.1) is 0 Å². The van der Waals surface area contributed by atoms with E-state index in [9.17, 15) is 5.11 Å². The smallest absolute Gasteiger partial charge is 0.120 e. The van der Waals surface area contributed by atoms with Gasteiger partial charge in [0.2, 0.25) is 0 Å². The fraction of sp³-hybridized carbons (Fsp3) is 0.188. The lowest BCUT2D eigenvalue weighted by Crippen LogP contribution is -1.99. The predicted octanol–water partition coefficient (Wildman–Crippen LogP) is 3.70. The van der Waals surface area contributed by atoms with Crippen LogP contribution in [0.15, 0.2) is 40.9 Å². The number of benzene rings is 2. The van der Waals surface area contributed by atoms with Crippen molar-refractivity contribution in [3.8, 4) is 11.8 Å². The molecule has 0 saturated heterocycles. The van der Waals surface area contributed by atoms with Crippen molar-refractivity contribution < 1.29 is 9.84 Å². The second-order valence-electron chi connectivity index (χ2n) is 4.45. The molecular weight excluding hydrogens is 318 g/mol. The third-order valence-corrected chi connectivity index (χ3v) is 3.83. The van der Waals surface area contributed by atoms with E-state index in [4.69, 9.17) is 10.00 Å². The van der Waals surface area contributed by atoms with Crippen LogP contribution in [0.25, 0.3) is 0 Å². The maximum absolute atomic E-state index is 9.21. The van der Waals surface area contributed by atoms with E-state index in [1.165, 1.54) is 0 Å². The number of aliphatic hydroxyl groups is 1. The van der Waals surface area contributed by atoms with Crippen LogP contribution in [0.2, 0.25) is 0 Å². The lowest BCUT2D eigenvalue weighted by Gasteiger charge is -2.10. The molecule has 2 aromatic rings. The Morgan fingerprint density at radius 3 is 2.65 bits per heavy atom. The second kappa shape index (κ2) is 6.56. The van der Waals surface area contributed by atoms with E-state index in [-0.39, 0.29) is 6.61 Å². The molecule has 0 aliphatic carbocycles. The standard InChI is InChI=1S/C16H14BrNO2/c1-11-6-12(8-18)2-3-13(11)10-20-15-4-5-16(17)14(7-15)9-19/h2-7,19H,9-10H2,1H3. The minimum atomic E-state index is -0.0341. The van der Waals surface area contributed by atoms with Gasteiger partial charge in [0.1, 0.15) is 12.4 Å². The van der Waals surface area contributed by atoms with Crippen LogP contribution in [0.3, 0.4) is 0 Å². The fourth-order valence-corrected chi connectivity index (χ4v) is 2.22. The number of aryl methyl sites for hydroxylation is 1. The second-order valence-corrected chi connectivity index (χ2v) is 5.31. The SMILES string of the molecule is Cc1cc(C#N)ccc1COc1ccc(Br)c(CO)c1. The molecule has 0 aromatic heterocycles. The van der Waals surface area contributed by atoms with Crippen molar-refractivity contribution in [3.05, 3.63) is 63.1 Å². The highest BCUT2D eigenvalue weighted by atomic mass is 79.9. The van der Waals surface area contributed by atoms with E-state index in [1.54, 1.807) is 6.07 Å². The van der Waals surface area contributed by atoms with Gasteiger partial charge >= 0.3 is 0 Å². The number of hydrogen-bond donors (Lipinski definition) is 1. The molecule has 102 valence electrons. The van der Waals surface area contributed by atoms with E-state index >= 15 is 0 Å². The van der Waals surface area contributed by atoms with E-state index < -0.39 is 0 Å². The normalized spacial score (nSPS) is 10.1. The first-order chi connectivity index (χ1) is 9.63. The average molecular weight is 332 g/mol. The average Bonchev–Trinajstić information content (AvgIpc) is 2.47. The number of aliphatic hydroxyl groups excluding tert-OH is 1. The number of nitrogens with zero attached hydrogens (tertiary/aromatic N) is 1. The summed E-state index contributed by atoms with van der Waals surface area (Å²) in [7, 11) is 0. The van der Waals surface area contributed by atoms with Crippen molar-refractivity contribution in [2.45, 2.75) is 20.1 Å². The molecule has 4 heteroatoms. The van der Waals surface area contributed by atoms with Crippen molar-refractivity contribution in [2.24, 2.45) is 0 Å². The molecule has 0 saturated carbocycles. The third-order valence-electron chi connectivity index (χ3n) is 3.05. The van der Waals surface area contributed by atoms with Crippen LogP contribution in [0.1, 0.15) is 22.3 Å². The molecule has 0 spiro atoms. The Morgan fingerprint density at radius 1 is 1.20 bits per heavy atom. The maximum atomic E-state index is 9.21. The molecule has 2 rings (SSSR count). The molecule has 0 heterocycles. The number of ether oxygens (including phenoxy) is 1. The van der Waals surface area contributed by atoms with Crippen LogP contribution < -0.4 is 4.74 Å². The molecule has 1 N–H and O–H groups in total. The number of hydrogen-bond acceptors (Lipinski definition) is 3. The quantitative estimate of drug-likeness (QED) is 0.929. The number of halogens is 1. The van der Waals surface area contributed by atoms with Gasteiger partial charge in [0.15, 0.2) is 0 Å². The first-order valence-corrected chi connectivity index (χ1v) is 6.95. The van der Waals surface area contributed by atoms with Crippen LogP contribution in [-0.2, 0) is 13.2 Å². The van der Waals surface area contributed by atoms with Gasteiger partial charge in [-0.05, 0) is 53.9 Å². The minimum Gasteiger partial charge on any atom is -0.489 e. The van der Waals surface area contributed by atoms with Crippen LogP contribution in [0, 0.1) is 18.3 Å². The molecular formula is C16H14BrNO2. The van der Waals surface area contributed by atoms with Gasteiger partial charge in [-0.2, -0.15) is 5.26 Å². The Morgan fingerprint density at radius 2 is 2.00 bits per heavy atom. The molecule has 0 amide bonds. The highest BCUT2D eigenvalue weighted by Crippen LogP contribution is 2.23. The van der Waals surface area contributed by atoms with Crippen molar-refractivity contribution >= 4 is 15.9 Å². The zero-order valence-electron chi connectivity index (χ0n) is 11.1. The predicted molar refractivity (Wildman–Crippen MR) is 80.3 cm³/mol. The highest BCUT2D eigenvalue weighted by Gasteiger charge is 2.04. The van der Waals surface area contributed by atoms with E-state index in [1.807, 2.05) is 37.3 Å². The van der Waals surface area contributed by atoms with Gasteiger partial charge < -0.3 is 9.84 Å². The summed E-state index contributed by atoms with van der Waals surface area (Å²) in [5.74, 6) is 0.709. The summed E-state index contributed by atoms with van der Waals surface area (Å²) < 4.78 is 6.59. The summed E-state index contributed by atoms with van der Waals surface area (Å²) in [6, 6.07) is 13.2. The van der Waals surface area contributed by atoms with Gasteiger partial charge in [0.05, 0.1) is 18.2 Å². The largest absolute Gasteiger partial charge is 0.489 e. The van der Waals surface area contributed by atoms with Gasteiger partial charge in [-0.1, -0.05) is 22.0 Å². The summed E-state index contributed by atoms with van der Waals surface area (Å²) in [5, 5.41) is 18.0. The molecule has 0 unspecified atom stereocenters. The molecule has 0 aliphatic rings. The molecule has 0 atom stereocenters. The van der Waals surface area contributed by atoms with Crippen molar-refractivity contribution in [1.29, 1.82) is 5.26 Å². The first kappa shape index (κ1) is 14.6. The molecule has 0 aliphatic heterocycles. The van der Waals surface area contributed by atoms with Gasteiger partial charge in [-0.3, -0.25) is 0 Å². The van der Waals surface area contributed by atoms with E-state index in [0.29, 0.717) is 17.9 Å². The topological polar surface area (TPSA) is 53.2 Å². The summed E-state index contributed by atoms with van der Waals surface area (Å²) >= 11 is 3.37. The summed E-state index contributed by atoms with van der Waals surface area (Å²) in [6.45, 7) is 2.36. The number of nitriles is 1. The van der Waals surface area contributed by atoms with E-state index in [0.717, 1.165) is 21.2 Å². The Hall–Kier alpha value is -1.83. The van der Waals surface area contributed by atoms with Crippen molar-refractivity contribution in [3.63, 3.8) is 0 Å². The summed E-state index contributed by atoms with van der Waals surface area (Å²) in [5.41, 5.74) is 3.51. The molecule has 2 aromatic carbocycles. The van der Waals surface area contributed by atoms with Gasteiger partial charge in [0.25, 0.3) is 0 Å².